The summed E-state index contributed by atoms with van der Waals surface area (Å²) in [5, 5.41) is 25.8. The van der Waals surface area contributed by atoms with E-state index < -0.39 is 17.7 Å². The Morgan fingerprint density at radius 3 is 2.73 bits per heavy atom. The number of pyridine rings is 2. The Bertz CT molecular complexity index is 1680. The molecule has 6 rings (SSSR count). The summed E-state index contributed by atoms with van der Waals surface area (Å²) in [5.41, 5.74) is 2.43. The standard InChI is InChI=1S/C31H35BrFN3O5/c1-6-31(40)18-10-22-27-16(12-36(22)28(38)17(18)13-41-29(31)39)25-20(34-23(37)9-14(2)30(3,4)5)8-7-15-24(25)21(35-27)11-19(33)26(15)32/h10-11,14,20,29,39-40H,6-9,12-13H2,1-5H3,(H,34,37)/t14-,20+,29?,31+/m1/s1. The van der Waals surface area contributed by atoms with E-state index >= 15 is 4.39 Å². The summed E-state index contributed by atoms with van der Waals surface area (Å²) in [4.78, 5) is 31.9. The summed E-state index contributed by atoms with van der Waals surface area (Å²) >= 11 is 3.44. The van der Waals surface area contributed by atoms with Gasteiger partial charge in [0.2, 0.25) is 5.91 Å². The van der Waals surface area contributed by atoms with Gasteiger partial charge in [0.25, 0.3) is 5.56 Å². The van der Waals surface area contributed by atoms with Crippen molar-refractivity contribution >= 4 is 32.7 Å². The van der Waals surface area contributed by atoms with Crippen LogP contribution in [0.3, 0.4) is 0 Å². The molecule has 2 aliphatic heterocycles. The van der Waals surface area contributed by atoms with Crippen molar-refractivity contribution in [1.82, 2.24) is 14.9 Å². The molecule has 0 saturated heterocycles. The van der Waals surface area contributed by atoms with Gasteiger partial charge in [-0.3, -0.25) is 9.59 Å². The number of amides is 1. The Kier molecular flexibility index (Phi) is 6.73. The first-order valence-electron chi connectivity index (χ1n) is 14.2. The maximum atomic E-state index is 15.1. The molecule has 3 aliphatic rings. The van der Waals surface area contributed by atoms with Crippen LogP contribution >= 0.6 is 15.9 Å². The second kappa shape index (κ2) is 9.69. The van der Waals surface area contributed by atoms with E-state index in [1.165, 1.54) is 6.07 Å². The molecular formula is C31H35BrFN3O5. The second-order valence-corrected chi connectivity index (χ2v) is 13.6. The zero-order valence-electron chi connectivity index (χ0n) is 23.9. The summed E-state index contributed by atoms with van der Waals surface area (Å²) in [7, 11) is 0. The molecule has 1 aromatic carbocycles. The average Bonchev–Trinajstić information content (AvgIpc) is 3.28. The minimum absolute atomic E-state index is 0.0241. The van der Waals surface area contributed by atoms with Crippen LogP contribution in [-0.4, -0.2) is 32.0 Å². The van der Waals surface area contributed by atoms with Crippen LogP contribution < -0.4 is 10.9 Å². The number of aliphatic hydroxyl groups is 2. The lowest BCUT2D eigenvalue weighted by Gasteiger charge is -2.37. The van der Waals surface area contributed by atoms with Gasteiger partial charge >= 0.3 is 0 Å². The molecule has 1 amide bonds. The van der Waals surface area contributed by atoms with Crippen LogP contribution in [-0.2, 0) is 34.7 Å². The third kappa shape index (κ3) is 4.28. The van der Waals surface area contributed by atoms with Crippen LogP contribution in [0.15, 0.2) is 21.4 Å². The SMILES string of the molecule is CC[C@]1(O)c2cc3n(c(=O)c2COC1O)Cc1c-3nc2cc(F)c(Br)c3c2c1[C@@H](NC(=O)C[C@@H](C)C(C)(C)C)CC3. The molecule has 0 radical (unpaired) electrons. The van der Waals surface area contributed by atoms with Crippen LogP contribution in [0.25, 0.3) is 22.3 Å². The summed E-state index contributed by atoms with van der Waals surface area (Å²) in [6.07, 6.45) is 0.172. The number of halogens is 2. The van der Waals surface area contributed by atoms with E-state index in [0.29, 0.717) is 51.8 Å². The molecule has 8 nitrogen and oxygen atoms in total. The van der Waals surface area contributed by atoms with E-state index in [1.807, 2.05) is 0 Å². The van der Waals surface area contributed by atoms with Gasteiger partial charge in [-0.05, 0) is 63.7 Å². The van der Waals surface area contributed by atoms with Crippen molar-refractivity contribution in [1.29, 1.82) is 0 Å². The van der Waals surface area contributed by atoms with Crippen LogP contribution in [0.4, 0.5) is 4.39 Å². The minimum Gasteiger partial charge on any atom is -0.380 e. The number of benzene rings is 1. The number of nitrogens with one attached hydrogen (secondary N) is 1. The fourth-order valence-corrected chi connectivity index (χ4v) is 6.96. The van der Waals surface area contributed by atoms with E-state index in [1.54, 1.807) is 17.6 Å². The van der Waals surface area contributed by atoms with Crippen molar-refractivity contribution in [2.24, 2.45) is 11.3 Å². The molecule has 10 heteroatoms. The quantitative estimate of drug-likeness (QED) is 0.295. The predicted molar refractivity (Wildman–Crippen MR) is 156 cm³/mol. The van der Waals surface area contributed by atoms with Crippen LogP contribution in [0.1, 0.15) is 87.7 Å². The van der Waals surface area contributed by atoms with Gasteiger partial charge in [-0.2, -0.15) is 0 Å². The van der Waals surface area contributed by atoms with Gasteiger partial charge in [-0.1, -0.05) is 34.6 Å². The molecule has 3 aromatic rings. The van der Waals surface area contributed by atoms with Crippen molar-refractivity contribution in [2.45, 2.75) is 91.4 Å². The summed E-state index contributed by atoms with van der Waals surface area (Å²) in [6, 6.07) is 2.76. The predicted octanol–water partition coefficient (Wildman–Crippen LogP) is 4.95. The van der Waals surface area contributed by atoms with Gasteiger partial charge in [0.15, 0.2) is 6.29 Å². The Labute approximate surface area is 246 Å². The molecule has 1 aliphatic carbocycles. The molecule has 0 saturated carbocycles. The van der Waals surface area contributed by atoms with E-state index in [2.05, 4.69) is 48.9 Å². The fraction of sp³-hybridized carbons (Fsp3) is 0.516. The van der Waals surface area contributed by atoms with Crippen molar-refractivity contribution in [3.8, 4) is 11.4 Å². The molecule has 1 unspecified atom stereocenters. The number of carbonyl (C=O) groups excluding carboxylic acids is 1. The molecule has 4 heterocycles. The van der Waals surface area contributed by atoms with Crippen molar-refractivity contribution in [3.05, 3.63) is 60.6 Å². The van der Waals surface area contributed by atoms with E-state index in [9.17, 15) is 19.8 Å². The number of aromatic nitrogens is 2. The lowest BCUT2D eigenvalue weighted by molar-refractivity contribution is -0.236. The van der Waals surface area contributed by atoms with Crippen LogP contribution in [0.5, 0.6) is 0 Å². The zero-order valence-corrected chi connectivity index (χ0v) is 25.5. The first kappa shape index (κ1) is 28.5. The molecule has 4 atom stereocenters. The largest absolute Gasteiger partial charge is 0.380 e. The number of aliphatic hydroxyl groups excluding tert-OH is 1. The molecule has 2 aromatic heterocycles. The monoisotopic (exact) mass is 627 g/mol. The number of hydrogen-bond acceptors (Lipinski definition) is 6. The number of aryl methyl sites for hydroxylation is 1. The lowest BCUT2D eigenvalue weighted by atomic mass is 9.79. The highest BCUT2D eigenvalue weighted by molar-refractivity contribution is 9.10. The number of hydrogen-bond donors (Lipinski definition) is 3. The highest BCUT2D eigenvalue weighted by Crippen LogP contribution is 2.47. The Morgan fingerprint density at radius 2 is 2.05 bits per heavy atom. The first-order valence-corrected chi connectivity index (χ1v) is 15.0. The van der Waals surface area contributed by atoms with Crippen LogP contribution in [0.2, 0.25) is 0 Å². The average molecular weight is 629 g/mol. The maximum Gasteiger partial charge on any atom is 0.257 e. The highest BCUT2D eigenvalue weighted by Gasteiger charge is 2.45. The van der Waals surface area contributed by atoms with E-state index in [-0.39, 0.29) is 48.4 Å². The Hall–Kier alpha value is -2.66. The smallest absolute Gasteiger partial charge is 0.257 e. The Morgan fingerprint density at radius 1 is 1.32 bits per heavy atom. The summed E-state index contributed by atoms with van der Waals surface area (Å²) in [5.74, 6) is -0.314. The lowest BCUT2D eigenvalue weighted by Crippen LogP contribution is -2.47. The second-order valence-electron chi connectivity index (χ2n) is 12.8. The number of ether oxygens (including phenoxy) is 1. The van der Waals surface area contributed by atoms with E-state index in [4.69, 9.17) is 9.72 Å². The first-order chi connectivity index (χ1) is 19.3. The maximum absolute atomic E-state index is 15.1. The molecule has 0 spiro atoms. The number of fused-ring (bicyclic) bond motifs is 5. The van der Waals surface area contributed by atoms with Gasteiger partial charge in [0, 0.05) is 34.6 Å². The topological polar surface area (TPSA) is 114 Å². The molecular weight excluding hydrogens is 593 g/mol. The molecule has 3 N–H and O–H groups in total. The van der Waals surface area contributed by atoms with Gasteiger partial charge in [-0.25, -0.2) is 9.37 Å². The molecule has 0 fully saturated rings. The summed E-state index contributed by atoms with van der Waals surface area (Å²) < 4.78 is 22.4. The van der Waals surface area contributed by atoms with Crippen LogP contribution in [0, 0.1) is 17.2 Å². The zero-order chi connectivity index (χ0) is 29.6. The van der Waals surface area contributed by atoms with Crippen molar-refractivity contribution in [3.63, 3.8) is 0 Å². The van der Waals surface area contributed by atoms with Gasteiger partial charge in [-0.15, -0.1) is 0 Å². The normalized spacial score (nSPS) is 23.6. The third-order valence-corrected chi connectivity index (χ3v) is 10.4. The third-order valence-electron chi connectivity index (χ3n) is 9.50. The van der Waals surface area contributed by atoms with Crippen molar-refractivity contribution in [2.75, 3.05) is 0 Å². The Balaban J connectivity index is 1.54. The highest BCUT2D eigenvalue weighted by atomic mass is 79.9. The number of rotatable bonds is 4. The molecule has 0 bridgehead atoms. The summed E-state index contributed by atoms with van der Waals surface area (Å²) in [6.45, 7) is 10.2. The minimum atomic E-state index is -1.75. The van der Waals surface area contributed by atoms with Crippen molar-refractivity contribution < 1.29 is 24.1 Å². The molecule has 41 heavy (non-hydrogen) atoms. The van der Waals surface area contributed by atoms with Gasteiger partial charge in [0.1, 0.15) is 11.4 Å². The fourth-order valence-electron chi connectivity index (χ4n) is 6.45. The number of carbonyl (C=O) groups is 1. The molecule has 218 valence electrons. The van der Waals surface area contributed by atoms with Gasteiger partial charge in [0.05, 0.1) is 40.6 Å². The van der Waals surface area contributed by atoms with Gasteiger partial charge < -0.3 is 24.8 Å². The number of nitrogens with zero attached hydrogens (tertiary/aromatic N) is 2. The van der Waals surface area contributed by atoms with E-state index in [0.717, 1.165) is 22.1 Å².